The normalized spacial score (nSPS) is 10.2. The molecular weight excluding hydrogens is 311 g/mol. The summed E-state index contributed by atoms with van der Waals surface area (Å²) >= 11 is 0. The van der Waals surface area contributed by atoms with Gasteiger partial charge in [-0.1, -0.05) is 12.1 Å². The van der Waals surface area contributed by atoms with E-state index in [1.807, 2.05) is 26.0 Å². The van der Waals surface area contributed by atoms with Crippen molar-refractivity contribution in [1.82, 2.24) is 10.9 Å². The van der Waals surface area contributed by atoms with Crippen molar-refractivity contribution in [2.45, 2.75) is 20.8 Å². The summed E-state index contributed by atoms with van der Waals surface area (Å²) in [7, 11) is 0. The van der Waals surface area contributed by atoms with Crippen molar-refractivity contribution >= 4 is 11.8 Å². The van der Waals surface area contributed by atoms with Gasteiger partial charge in [0.1, 0.15) is 11.6 Å². The summed E-state index contributed by atoms with van der Waals surface area (Å²) in [5.74, 6) is -1.03. The summed E-state index contributed by atoms with van der Waals surface area (Å²) in [6.07, 6.45) is 0. The molecule has 0 aliphatic rings. The number of carbonyl (C=O) groups excluding carboxylic acids is 2. The van der Waals surface area contributed by atoms with Crippen LogP contribution in [0.2, 0.25) is 0 Å². The van der Waals surface area contributed by atoms with Crippen LogP contribution < -0.4 is 15.6 Å². The molecular formula is C18H19FN2O3. The maximum Gasteiger partial charge on any atom is 0.276 e. The van der Waals surface area contributed by atoms with Gasteiger partial charge in [-0.15, -0.1) is 0 Å². The van der Waals surface area contributed by atoms with Crippen LogP contribution in [0.25, 0.3) is 0 Å². The van der Waals surface area contributed by atoms with E-state index in [0.29, 0.717) is 11.3 Å². The number of nitrogens with one attached hydrogen (secondary N) is 2. The smallest absolute Gasteiger partial charge is 0.276 e. The molecule has 5 nitrogen and oxygen atoms in total. The van der Waals surface area contributed by atoms with Gasteiger partial charge >= 0.3 is 0 Å². The largest absolute Gasteiger partial charge is 0.484 e. The maximum absolute atomic E-state index is 13.4. The molecule has 6 heteroatoms. The van der Waals surface area contributed by atoms with Crippen molar-refractivity contribution in [1.29, 1.82) is 0 Å². The second-order valence-corrected chi connectivity index (χ2v) is 5.50. The van der Waals surface area contributed by atoms with E-state index in [2.05, 4.69) is 10.9 Å². The summed E-state index contributed by atoms with van der Waals surface area (Å²) in [5, 5.41) is 0. The van der Waals surface area contributed by atoms with E-state index in [1.165, 1.54) is 12.1 Å². The number of benzene rings is 2. The van der Waals surface area contributed by atoms with Gasteiger partial charge in [0.2, 0.25) is 0 Å². The van der Waals surface area contributed by atoms with Crippen molar-refractivity contribution < 1.29 is 18.7 Å². The topological polar surface area (TPSA) is 67.4 Å². The van der Waals surface area contributed by atoms with E-state index in [1.54, 1.807) is 13.0 Å². The average Bonchev–Trinajstić information content (AvgIpc) is 2.56. The fraction of sp³-hybridized carbons (Fsp3) is 0.222. The number of halogens is 1. The van der Waals surface area contributed by atoms with E-state index in [9.17, 15) is 14.0 Å². The summed E-state index contributed by atoms with van der Waals surface area (Å²) < 4.78 is 18.8. The molecule has 0 aromatic heterocycles. The van der Waals surface area contributed by atoms with Crippen molar-refractivity contribution in [2.24, 2.45) is 0 Å². The minimum Gasteiger partial charge on any atom is -0.484 e. The Morgan fingerprint density at radius 3 is 2.33 bits per heavy atom. The lowest BCUT2D eigenvalue weighted by atomic mass is 10.1. The predicted octanol–water partition coefficient (Wildman–Crippen LogP) is 2.59. The van der Waals surface area contributed by atoms with Gasteiger partial charge in [-0.25, -0.2) is 4.39 Å². The van der Waals surface area contributed by atoms with E-state index < -0.39 is 17.6 Å². The number of hydrogen-bond donors (Lipinski definition) is 2. The van der Waals surface area contributed by atoms with E-state index >= 15 is 0 Å². The van der Waals surface area contributed by atoms with Gasteiger partial charge in [0.05, 0.1) is 0 Å². The van der Waals surface area contributed by atoms with Crippen LogP contribution in [0.15, 0.2) is 36.4 Å². The first-order valence-electron chi connectivity index (χ1n) is 7.42. The Bertz CT molecular complexity index is 775. The van der Waals surface area contributed by atoms with Crippen LogP contribution in [0.1, 0.15) is 27.0 Å². The van der Waals surface area contributed by atoms with Crippen LogP contribution in [0.5, 0.6) is 5.75 Å². The standard InChI is InChI=1S/C18H19FN2O3/c1-11-5-7-15(8-13(11)3)24-10-17(22)20-21-18(23)14-6-4-12(2)16(19)9-14/h4-9H,10H2,1-3H3,(H,20,22)(H,21,23). The Kier molecular flexibility index (Phi) is 5.52. The highest BCUT2D eigenvalue weighted by Gasteiger charge is 2.10. The van der Waals surface area contributed by atoms with Gasteiger partial charge in [-0.05, 0) is 61.7 Å². The molecule has 2 aromatic carbocycles. The lowest BCUT2D eigenvalue weighted by Gasteiger charge is -2.10. The molecule has 2 N–H and O–H groups in total. The van der Waals surface area contributed by atoms with E-state index in [-0.39, 0.29) is 12.2 Å². The second kappa shape index (κ2) is 7.59. The first kappa shape index (κ1) is 17.5. The minimum absolute atomic E-state index is 0.119. The van der Waals surface area contributed by atoms with Gasteiger partial charge in [0.15, 0.2) is 6.61 Å². The number of rotatable bonds is 4. The molecule has 0 radical (unpaired) electrons. The molecule has 2 aromatic rings. The highest BCUT2D eigenvalue weighted by molar-refractivity contribution is 5.95. The zero-order valence-corrected chi connectivity index (χ0v) is 13.8. The molecule has 0 spiro atoms. The molecule has 126 valence electrons. The van der Waals surface area contributed by atoms with Crippen molar-refractivity contribution in [3.05, 3.63) is 64.5 Å². The van der Waals surface area contributed by atoms with Crippen molar-refractivity contribution in [3.8, 4) is 5.75 Å². The van der Waals surface area contributed by atoms with Crippen molar-refractivity contribution in [3.63, 3.8) is 0 Å². The monoisotopic (exact) mass is 330 g/mol. The first-order valence-corrected chi connectivity index (χ1v) is 7.42. The predicted molar refractivity (Wildman–Crippen MR) is 88.2 cm³/mol. The number of aryl methyl sites for hydroxylation is 3. The van der Waals surface area contributed by atoms with Gasteiger partial charge < -0.3 is 4.74 Å². The van der Waals surface area contributed by atoms with Gasteiger partial charge in [-0.2, -0.15) is 0 Å². The molecule has 0 saturated carbocycles. The Balaban J connectivity index is 1.83. The third-order valence-electron chi connectivity index (χ3n) is 3.60. The SMILES string of the molecule is Cc1ccc(OCC(=O)NNC(=O)c2ccc(C)c(F)c2)cc1C. The minimum atomic E-state index is -0.603. The summed E-state index contributed by atoms with van der Waals surface area (Å²) in [4.78, 5) is 23.5. The second-order valence-electron chi connectivity index (χ2n) is 5.50. The molecule has 0 aliphatic heterocycles. The van der Waals surface area contributed by atoms with Crippen LogP contribution in [0, 0.1) is 26.6 Å². The van der Waals surface area contributed by atoms with Crippen LogP contribution >= 0.6 is 0 Å². The van der Waals surface area contributed by atoms with Gasteiger partial charge in [-0.3, -0.25) is 20.4 Å². The molecule has 0 heterocycles. The molecule has 0 bridgehead atoms. The molecule has 0 atom stereocenters. The zero-order chi connectivity index (χ0) is 17.7. The number of ether oxygens (including phenoxy) is 1. The fourth-order valence-electron chi connectivity index (χ4n) is 1.92. The zero-order valence-electron chi connectivity index (χ0n) is 13.8. The highest BCUT2D eigenvalue weighted by atomic mass is 19.1. The molecule has 2 amide bonds. The molecule has 0 unspecified atom stereocenters. The van der Waals surface area contributed by atoms with Gasteiger partial charge in [0, 0.05) is 5.56 Å². The lowest BCUT2D eigenvalue weighted by molar-refractivity contribution is -0.123. The third kappa shape index (κ3) is 4.55. The Labute approximate surface area is 139 Å². The van der Waals surface area contributed by atoms with Crippen LogP contribution in [0.4, 0.5) is 4.39 Å². The number of hydrogen-bond acceptors (Lipinski definition) is 3. The summed E-state index contributed by atoms with van der Waals surface area (Å²) in [6, 6.07) is 9.58. The Morgan fingerprint density at radius 1 is 0.958 bits per heavy atom. The fourth-order valence-corrected chi connectivity index (χ4v) is 1.92. The molecule has 0 fully saturated rings. The summed E-state index contributed by atoms with van der Waals surface area (Å²) in [5.41, 5.74) is 7.19. The summed E-state index contributed by atoms with van der Waals surface area (Å²) in [6.45, 7) is 5.28. The number of hydrazine groups is 1. The van der Waals surface area contributed by atoms with Crippen LogP contribution in [0.3, 0.4) is 0 Å². The van der Waals surface area contributed by atoms with Crippen LogP contribution in [-0.4, -0.2) is 18.4 Å². The Hall–Kier alpha value is -2.89. The highest BCUT2D eigenvalue weighted by Crippen LogP contribution is 2.16. The third-order valence-corrected chi connectivity index (χ3v) is 3.60. The van der Waals surface area contributed by atoms with E-state index in [0.717, 1.165) is 17.2 Å². The molecule has 0 aliphatic carbocycles. The maximum atomic E-state index is 13.4. The Morgan fingerprint density at radius 2 is 1.67 bits per heavy atom. The van der Waals surface area contributed by atoms with E-state index in [4.69, 9.17) is 4.74 Å². The average molecular weight is 330 g/mol. The molecule has 2 rings (SSSR count). The number of amides is 2. The van der Waals surface area contributed by atoms with Crippen molar-refractivity contribution in [2.75, 3.05) is 6.61 Å². The van der Waals surface area contributed by atoms with Gasteiger partial charge in [0.25, 0.3) is 11.8 Å². The lowest BCUT2D eigenvalue weighted by Crippen LogP contribution is -2.43. The number of carbonyl (C=O) groups is 2. The van der Waals surface area contributed by atoms with Crippen LogP contribution in [-0.2, 0) is 4.79 Å². The molecule has 24 heavy (non-hydrogen) atoms. The first-order chi connectivity index (χ1) is 11.4. The molecule has 0 saturated heterocycles. The quantitative estimate of drug-likeness (QED) is 0.847.